The molecule has 0 aliphatic carbocycles. The van der Waals surface area contributed by atoms with E-state index in [2.05, 4.69) is 32.9 Å². The van der Waals surface area contributed by atoms with Gasteiger partial charge in [0.1, 0.15) is 5.75 Å². The maximum absolute atomic E-state index is 12.2. The highest BCUT2D eigenvalue weighted by Crippen LogP contribution is 2.25. The minimum Gasteiger partial charge on any atom is -0.494 e. The lowest BCUT2D eigenvalue weighted by Gasteiger charge is -2.35. The number of likely N-dealkylation sites (tertiary alicyclic amines) is 1. The number of aliphatic hydroxyl groups is 1. The number of piperidine rings is 1. The Bertz CT molecular complexity index is 625. The largest absolute Gasteiger partial charge is 0.494 e. The number of benzene rings is 1. The van der Waals surface area contributed by atoms with E-state index in [0.717, 1.165) is 5.75 Å². The molecule has 1 aromatic rings. The van der Waals surface area contributed by atoms with Gasteiger partial charge >= 0.3 is 5.97 Å². The summed E-state index contributed by atoms with van der Waals surface area (Å²) in [7, 11) is 0. The fraction of sp³-hybridized carbons (Fsp3) is 0.600. The van der Waals surface area contributed by atoms with Gasteiger partial charge in [-0.05, 0) is 29.5 Å². The van der Waals surface area contributed by atoms with Crippen LogP contribution in [0.3, 0.4) is 0 Å². The first kappa shape index (κ1) is 20.2. The van der Waals surface area contributed by atoms with Crippen LogP contribution < -0.4 is 4.74 Å². The van der Waals surface area contributed by atoms with E-state index in [9.17, 15) is 14.7 Å². The van der Waals surface area contributed by atoms with Crippen LogP contribution in [0.4, 0.5) is 0 Å². The second kappa shape index (κ2) is 8.08. The van der Waals surface area contributed by atoms with E-state index in [-0.39, 0.29) is 37.3 Å². The number of carboxylic acids is 1. The minimum atomic E-state index is -1.70. The number of carboxylic acid groups (broad SMARTS) is 1. The summed E-state index contributed by atoms with van der Waals surface area (Å²) in [6.45, 7) is 7.48. The highest BCUT2D eigenvalue weighted by Gasteiger charge is 2.40. The van der Waals surface area contributed by atoms with Crippen molar-refractivity contribution in [2.45, 2.75) is 57.5 Å². The zero-order valence-corrected chi connectivity index (χ0v) is 15.8. The molecule has 0 saturated carbocycles. The summed E-state index contributed by atoms with van der Waals surface area (Å²) < 4.78 is 5.69. The Morgan fingerprint density at radius 3 is 2.23 bits per heavy atom. The second-order valence-corrected chi connectivity index (χ2v) is 7.94. The van der Waals surface area contributed by atoms with Gasteiger partial charge in [0, 0.05) is 32.4 Å². The topological polar surface area (TPSA) is 87.1 Å². The molecule has 0 bridgehead atoms. The van der Waals surface area contributed by atoms with Crippen molar-refractivity contribution in [2.24, 2.45) is 0 Å². The number of nitrogens with zero attached hydrogens (tertiary/aromatic N) is 1. The summed E-state index contributed by atoms with van der Waals surface area (Å²) in [5.41, 5.74) is -0.350. The van der Waals surface area contributed by atoms with Crippen molar-refractivity contribution in [2.75, 3.05) is 19.7 Å². The Morgan fingerprint density at radius 1 is 1.15 bits per heavy atom. The molecule has 1 amide bonds. The van der Waals surface area contributed by atoms with Crippen molar-refractivity contribution >= 4 is 11.9 Å². The SMILES string of the molecule is CC(C)(C)c1ccc(OCCCC(=O)N2CCC(O)(C(=O)O)CC2)cc1. The summed E-state index contributed by atoms with van der Waals surface area (Å²) in [5.74, 6) is -0.449. The Kier molecular flexibility index (Phi) is 6.29. The minimum absolute atomic E-state index is 0.0240. The molecule has 2 rings (SSSR count). The molecule has 0 atom stereocenters. The van der Waals surface area contributed by atoms with Crippen molar-refractivity contribution in [3.05, 3.63) is 29.8 Å². The summed E-state index contributed by atoms with van der Waals surface area (Å²) >= 11 is 0. The predicted molar refractivity (Wildman–Crippen MR) is 98.3 cm³/mol. The summed E-state index contributed by atoms with van der Waals surface area (Å²) in [5, 5.41) is 18.9. The number of ether oxygens (including phenoxy) is 1. The molecule has 1 heterocycles. The number of hydrogen-bond donors (Lipinski definition) is 2. The van der Waals surface area contributed by atoms with Crippen molar-refractivity contribution < 1.29 is 24.5 Å². The molecule has 2 N–H and O–H groups in total. The Balaban J connectivity index is 1.70. The first-order valence-corrected chi connectivity index (χ1v) is 9.09. The molecular weight excluding hydrogens is 334 g/mol. The second-order valence-electron chi connectivity index (χ2n) is 7.94. The van der Waals surface area contributed by atoms with E-state index < -0.39 is 11.6 Å². The van der Waals surface area contributed by atoms with Crippen LogP contribution in [0.15, 0.2) is 24.3 Å². The van der Waals surface area contributed by atoms with Gasteiger partial charge in [0.05, 0.1) is 6.61 Å². The molecule has 0 radical (unpaired) electrons. The summed E-state index contributed by atoms with van der Waals surface area (Å²) in [6, 6.07) is 8.00. The zero-order valence-electron chi connectivity index (χ0n) is 15.8. The van der Waals surface area contributed by atoms with Gasteiger partial charge in [0.2, 0.25) is 5.91 Å². The maximum atomic E-state index is 12.2. The maximum Gasteiger partial charge on any atom is 0.335 e. The highest BCUT2D eigenvalue weighted by molar-refractivity contribution is 5.79. The van der Waals surface area contributed by atoms with Gasteiger partial charge < -0.3 is 19.8 Å². The van der Waals surface area contributed by atoms with Gasteiger partial charge in [-0.15, -0.1) is 0 Å². The lowest BCUT2D eigenvalue weighted by atomic mass is 9.87. The molecule has 1 aromatic carbocycles. The average Bonchev–Trinajstić information content (AvgIpc) is 2.58. The standard InChI is InChI=1S/C20H29NO5/c1-19(2,3)15-6-8-16(9-7-15)26-14-4-5-17(22)21-12-10-20(25,11-13-21)18(23)24/h6-9,25H,4-5,10-14H2,1-3H3,(H,23,24). The van der Waals surface area contributed by atoms with Crippen molar-refractivity contribution in [1.29, 1.82) is 0 Å². The number of carbonyl (C=O) groups is 2. The number of rotatable bonds is 6. The van der Waals surface area contributed by atoms with E-state index in [1.807, 2.05) is 12.1 Å². The van der Waals surface area contributed by atoms with Gasteiger partial charge in [-0.1, -0.05) is 32.9 Å². The Labute approximate surface area is 154 Å². The van der Waals surface area contributed by atoms with Gasteiger partial charge in [-0.3, -0.25) is 4.79 Å². The van der Waals surface area contributed by atoms with Crippen LogP contribution in [0.25, 0.3) is 0 Å². The molecule has 0 spiro atoms. The van der Waals surface area contributed by atoms with Crippen LogP contribution in [-0.2, 0) is 15.0 Å². The van der Waals surface area contributed by atoms with Crippen molar-refractivity contribution in [3.8, 4) is 5.75 Å². The third-order valence-electron chi connectivity index (χ3n) is 4.87. The van der Waals surface area contributed by atoms with E-state index in [0.29, 0.717) is 19.4 Å². The monoisotopic (exact) mass is 363 g/mol. The lowest BCUT2D eigenvalue weighted by Crippen LogP contribution is -2.50. The van der Waals surface area contributed by atoms with E-state index in [1.54, 1.807) is 4.90 Å². The summed E-state index contributed by atoms with van der Waals surface area (Å²) in [4.78, 5) is 24.8. The molecule has 144 valence electrons. The molecule has 1 saturated heterocycles. The van der Waals surface area contributed by atoms with Gasteiger partial charge in [-0.25, -0.2) is 4.79 Å². The normalized spacial score (nSPS) is 17.0. The quantitative estimate of drug-likeness (QED) is 0.759. The van der Waals surface area contributed by atoms with Crippen LogP contribution in [-0.4, -0.2) is 52.3 Å². The van der Waals surface area contributed by atoms with Gasteiger partial charge in [0.15, 0.2) is 5.60 Å². The van der Waals surface area contributed by atoms with Crippen LogP contribution in [0.2, 0.25) is 0 Å². The van der Waals surface area contributed by atoms with Crippen LogP contribution in [0.5, 0.6) is 5.75 Å². The molecule has 1 aliphatic heterocycles. The molecule has 6 nitrogen and oxygen atoms in total. The van der Waals surface area contributed by atoms with Crippen LogP contribution >= 0.6 is 0 Å². The van der Waals surface area contributed by atoms with E-state index in [4.69, 9.17) is 9.84 Å². The van der Waals surface area contributed by atoms with Crippen molar-refractivity contribution in [3.63, 3.8) is 0 Å². The van der Waals surface area contributed by atoms with E-state index in [1.165, 1.54) is 5.56 Å². The summed E-state index contributed by atoms with van der Waals surface area (Å²) in [6.07, 6.45) is 1.10. The first-order chi connectivity index (χ1) is 12.1. The lowest BCUT2D eigenvalue weighted by molar-refractivity contribution is -0.165. The zero-order chi connectivity index (χ0) is 19.4. The third kappa shape index (κ3) is 5.21. The average molecular weight is 363 g/mol. The smallest absolute Gasteiger partial charge is 0.335 e. The molecule has 26 heavy (non-hydrogen) atoms. The fourth-order valence-corrected chi connectivity index (χ4v) is 2.96. The molecule has 0 unspecified atom stereocenters. The molecule has 1 aliphatic rings. The number of hydrogen-bond acceptors (Lipinski definition) is 4. The first-order valence-electron chi connectivity index (χ1n) is 9.09. The molecule has 0 aromatic heterocycles. The fourth-order valence-electron chi connectivity index (χ4n) is 2.96. The third-order valence-corrected chi connectivity index (χ3v) is 4.87. The van der Waals surface area contributed by atoms with Crippen LogP contribution in [0.1, 0.15) is 52.0 Å². The Morgan fingerprint density at radius 2 is 1.73 bits per heavy atom. The molecule has 1 fully saturated rings. The number of amides is 1. The van der Waals surface area contributed by atoms with Gasteiger partial charge in [0.25, 0.3) is 0 Å². The van der Waals surface area contributed by atoms with E-state index >= 15 is 0 Å². The molecule has 6 heteroatoms. The number of aliphatic carboxylic acids is 1. The van der Waals surface area contributed by atoms with Crippen LogP contribution in [0, 0.1) is 0 Å². The predicted octanol–water partition coefficient (Wildman–Crippen LogP) is 2.58. The van der Waals surface area contributed by atoms with Gasteiger partial charge in [-0.2, -0.15) is 0 Å². The highest BCUT2D eigenvalue weighted by atomic mass is 16.5. The molecular formula is C20H29NO5. The number of carbonyl (C=O) groups excluding carboxylic acids is 1. The van der Waals surface area contributed by atoms with Crippen molar-refractivity contribution in [1.82, 2.24) is 4.90 Å². The Hall–Kier alpha value is -2.08.